The Morgan fingerprint density at radius 3 is 2.50 bits per heavy atom. The first-order chi connectivity index (χ1) is 6.52. The van der Waals surface area contributed by atoms with Crippen molar-refractivity contribution in [3.63, 3.8) is 0 Å². The third kappa shape index (κ3) is 7.34. The van der Waals surface area contributed by atoms with Crippen LogP contribution in [0, 0.1) is 11.3 Å². The van der Waals surface area contributed by atoms with Crippen LogP contribution in [0.1, 0.15) is 40.5 Å². The number of rotatable bonds is 8. The molecule has 0 saturated heterocycles. The van der Waals surface area contributed by atoms with E-state index in [-0.39, 0.29) is 0 Å². The van der Waals surface area contributed by atoms with Gasteiger partial charge >= 0.3 is 0 Å². The molecule has 0 fully saturated rings. The molecule has 0 rings (SSSR count). The number of hydrogen-bond acceptors (Lipinski definition) is 2. The van der Waals surface area contributed by atoms with Gasteiger partial charge in [-0.25, -0.2) is 0 Å². The number of ether oxygens (including phenoxy) is 1. The minimum Gasteiger partial charge on any atom is -0.385 e. The fourth-order valence-electron chi connectivity index (χ4n) is 1.27. The van der Waals surface area contributed by atoms with Gasteiger partial charge in [-0.15, -0.1) is 0 Å². The fraction of sp³-hybridized carbons (Fsp3) is 1.00. The Bertz CT molecular complexity index is 134. The Labute approximate surface area is 89.4 Å². The molecule has 0 aliphatic heterocycles. The van der Waals surface area contributed by atoms with Gasteiger partial charge in [0.2, 0.25) is 0 Å². The molecule has 2 heteroatoms. The van der Waals surface area contributed by atoms with E-state index in [1.54, 1.807) is 7.11 Å². The van der Waals surface area contributed by atoms with Crippen LogP contribution in [0.2, 0.25) is 0 Å². The molecule has 0 aliphatic rings. The fourth-order valence-corrected chi connectivity index (χ4v) is 1.27. The summed E-state index contributed by atoms with van der Waals surface area (Å²) in [7, 11) is 1.77. The van der Waals surface area contributed by atoms with Crippen LogP contribution in [-0.2, 0) is 4.74 Å². The third-order valence-corrected chi connectivity index (χ3v) is 2.78. The van der Waals surface area contributed by atoms with E-state index in [1.807, 2.05) is 0 Å². The molecule has 1 unspecified atom stereocenters. The molecule has 0 saturated carbocycles. The van der Waals surface area contributed by atoms with Gasteiger partial charge in [0.25, 0.3) is 0 Å². The lowest BCUT2D eigenvalue weighted by Crippen LogP contribution is -2.32. The molecular formula is C12H27NO. The van der Waals surface area contributed by atoms with Crippen LogP contribution in [0.4, 0.5) is 0 Å². The molecule has 0 radical (unpaired) electrons. The summed E-state index contributed by atoms with van der Waals surface area (Å²) in [6.45, 7) is 12.2. The predicted octanol–water partition coefficient (Wildman–Crippen LogP) is 2.68. The van der Waals surface area contributed by atoms with E-state index in [4.69, 9.17) is 4.74 Å². The second-order valence-corrected chi connectivity index (χ2v) is 5.05. The topological polar surface area (TPSA) is 21.3 Å². The van der Waals surface area contributed by atoms with Crippen molar-refractivity contribution in [3.05, 3.63) is 0 Å². The van der Waals surface area contributed by atoms with Gasteiger partial charge < -0.3 is 10.1 Å². The van der Waals surface area contributed by atoms with Gasteiger partial charge in [0.1, 0.15) is 0 Å². The van der Waals surface area contributed by atoms with E-state index < -0.39 is 0 Å². The third-order valence-electron chi connectivity index (χ3n) is 2.78. The molecular weight excluding hydrogens is 174 g/mol. The van der Waals surface area contributed by atoms with Gasteiger partial charge in [-0.3, -0.25) is 0 Å². The van der Waals surface area contributed by atoms with E-state index in [1.165, 1.54) is 6.42 Å². The minimum atomic E-state index is 0.351. The number of hydrogen-bond donors (Lipinski definition) is 1. The molecule has 0 aliphatic carbocycles. The lowest BCUT2D eigenvalue weighted by molar-refractivity contribution is 0.150. The van der Waals surface area contributed by atoms with Gasteiger partial charge in [0.05, 0.1) is 0 Å². The standard InChI is InChI=1S/C12H27NO/c1-6-11(2)9-13-10-12(3,4)7-8-14-5/h11,13H,6-10H2,1-5H3. The van der Waals surface area contributed by atoms with Gasteiger partial charge in [-0.05, 0) is 24.3 Å². The first-order valence-electron chi connectivity index (χ1n) is 5.71. The van der Waals surface area contributed by atoms with Crippen molar-refractivity contribution in [1.82, 2.24) is 5.32 Å². The quantitative estimate of drug-likeness (QED) is 0.652. The molecule has 1 N–H and O–H groups in total. The smallest absolute Gasteiger partial charge is 0.0467 e. The van der Waals surface area contributed by atoms with Crippen molar-refractivity contribution in [1.29, 1.82) is 0 Å². The first-order valence-corrected chi connectivity index (χ1v) is 5.71. The highest BCUT2D eigenvalue weighted by atomic mass is 16.5. The zero-order chi connectivity index (χ0) is 11.0. The van der Waals surface area contributed by atoms with E-state index in [2.05, 4.69) is 33.0 Å². The van der Waals surface area contributed by atoms with Crippen LogP contribution in [0.15, 0.2) is 0 Å². The molecule has 0 heterocycles. The molecule has 1 atom stereocenters. The largest absolute Gasteiger partial charge is 0.385 e. The molecule has 0 bridgehead atoms. The van der Waals surface area contributed by atoms with Crippen molar-refractivity contribution in [3.8, 4) is 0 Å². The summed E-state index contributed by atoms with van der Waals surface area (Å²) in [6.07, 6.45) is 2.38. The van der Waals surface area contributed by atoms with Crippen molar-refractivity contribution in [2.24, 2.45) is 11.3 Å². The van der Waals surface area contributed by atoms with E-state index in [0.717, 1.165) is 32.0 Å². The van der Waals surface area contributed by atoms with Crippen molar-refractivity contribution >= 4 is 0 Å². The zero-order valence-electron chi connectivity index (χ0n) is 10.5. The highest BCUT2D eigenvalue weighted by Gasteiger charge is 2.16. The Morgan fingerprint density at radius 1 is 1.36 bits per heavy atom. The summed E-state index contributed by atoms with van der Waals surface area (Å²) < 4.78 is 5.10. The van der Waals surface area contributed by atoms with Gasteiger partial charge in [-0.2, -0.15) is 0 Å². The van der Waals surface area contributed by atoms with Crippen molar-refractivity contribution < 1.29 is 4.74 Å². The summed E-state index contributed by atoms with van der Waals surface area (Å²) in [5.41, 5.74) is 0.351. The first kappa shape index (κ1) is 13.9. The maximum absolute atomic E-state index is 5.10. The number of methoxy groups -OCH3 is 1. The Balaban J connectivity index is 3.54. The Hall–Kier alpha value is -0.0800. The average Bonchev–Trinajstić information content (AvgIpc) is 2.14. The SMILES string of the molecule is CCC(C)CNCC(C)(C)CCOC. The molecule has 14 heavy (non-hydrogen) atoms. The highest BCUT2D eigenvalue weighted by molar-refractivity contribution is 4.71. The van der Waals surface area contributed by atoms with Crippen LogP contribution in [-0.4, -0.2) is 26.8 Å². The molecule has 2 nitrogen and oxygen atoms in total. The normalized spacial score (nSPS) is 14.4. The van der Waals surface area contributed by atoms with Crippen LogP contribution in [0.3, 0.4) is 0 Å². The number of nitrogens with one attached hydrogen (secondary N) is 1. The lowest BCUT2D eigenvalue weighted by atomic mass is 9.89. The van der Waals surface area contributed by atoms with Crippen molar-refractivity contribution in [2.75, 3.05) is 26.8 Å². The summed E-state index contributed by atoms with van der Waals surface area (Å²) in [5, 5.41) is 3.53. The van der Waals surface area contributed by atoms with E-state index in [0.29, 0.717) is 5.41 Å². The average molecular weight is 201 g/mol. The van der Waals surface area contributed by atoms with Crippen LogP contribution < -0.4 is 5.32 Å². The van der Waals surface area contributed by atoms with Crippen LogP contribution in [0.5, 0.6) is 0 Å². The monoisotopic (exact) mass is 201 g/mol. The van der Waals surface area contributed by atoms with E-state index in [9.17, 15) is 0 Å². The Morgan fingerprint density at radius 2 is 2.00 bits per heavy atom. The van der Waals surface area contributed by atoms with Crippen LogP contribution >= 0.6 is 0 Å². The van der Waals surface area contributed by atoms with E-state index >= 15 is 0 Å². The summed E-state index contributed by atoms with van der Waals surface area (Å²) in [4.78, 5) is 0. The lowest BCUT2D eigenvalue weighted by Gasteiger charge is -2.25. The van der Waals surface area contributed by atoms with Gasteiger partial charge in [0, 0.05) is 20.3 Å². The molecule has 0 aromatic heterocycles. The van der Waals surface area contributed by atoms with Gasteiger partial charge in [0.15, 0.2) is 0 Å². The summed E-state index contributed by atoms with van der Waals surface area (Å²) in [5.74, 6) is 0.785. The maximum Gasteiger partial charge on any atom is 0.0467 e. The summed E-state index contributed by atoms with van der Waals surface area (Å²) >= 11 is 0. The van der Waals surface area contributed by atoms with Crippen molar-refractivity contribution in [2.45, 2.75) is 40.5 Å². The second kappa shape index (κ2) is 7.24. The molecule has 0 aromatic rings. The predicted molar refractivity (Wildman–Crippen MR) is 62.6 cm³/mol. The van der Waals surface area contributed by atoms with Gasteiger partial charge in [-0.1, -0.05) is 34.1 Å². The molecule has 86 valence electrons. The zero-order valence-corrected chi connectivity index (χ0v) is 10.5. The summed E-state index contributed by atoms with van der Waals surface area (Å²) in [6, 6.07) is 0. The maximum atomic E-state index is 5.10. The highest BCUT2D eigenvalue weighted by Crippen LogP contribution is 2.18. The Kier molecular flexibility index (Phi) is 7.20. The molecule has 0 amide bonds. The molecule has 0 spiro atoms. The molecule has 0 aromatic carbocycles. The second-order valence-electron chi connectivity index (χ2n) is 5.05. The van der Waals surface area contributed by atoms with Crippen LogP contribution in [0.25, 0.3) is 0 Å². The minimum absolute atomic E-state index is 0.351.